The molecule has 25 heavy (non-hydrogen) atoms. The Hall–Kier alpha value is -2.87. The van der Waals surface area contributed by atoms with Crippen molar-refractivity contribution in [3.8, 4) is 5.75 Å². The molecule has 0 saturated carbocycles. The van der Waals surface area contributed by atoms with Crippen LogP contribution in [0.4, 0.5) is 5.69 Å². The van der Waals surface area contributed by atoms with E-state index in [0.717, 1.165) is 0 Å². The van der Waals surface area contributed by atoms with Crippen LogP contribution in [0.5, 0.6) is 5.75 Å². The molecule has 0 saturated heterocycles. The third-order valence-electron chi connectivity index (χ3n) is 3.31. The summed E-state index contributed by atoms with van der Waals surface area (Å²) >= 11 is 0. The van der Waals surface area contributed by atoms with E-state index in [2.05, 4.69) is 5.32 Å². The number of aromatic carboxylic acids is 1. The van der Waals surface area contributed by atoms with E-state index in [9.17, 15) is 18.0 Å². The molecule has 8 heteroatoms. The van der Waals surface area contributed by atoms with Gasteiger partial charge in [-0.3, -0.25) is 4.79 Å². The van der Waals surface area contributed by atoms with E-state index < -0.39 is 27.5 Å². The van der Waals surface area contributed by atoms with Gasteiger partial charge in [-0.15, -0.1) is 0 Å². The van der Waals surface area contributed by atoms with E-state index in [1.807, 2.05) is 0 Å². The van der Waals surface area contributed by atoms with Gasteiger partial charge in [0.15, 0.2) is 9.84 Å². The Morgan fingerprint density at radius 1 is 1.04 bits per heavy atom. The lowest BCUT2D eigenvalue weighted by Gasteiger charge is -2.07. The number of benzene rings is 2. The van der Waals surface area contributed by atoms with Crippen LogP contribution in [0, 0.1) is 0 Å². The van der Waals surface area contributed by atoms with Gasteiger partial charge in [0, 0.05) is 5.69 Å². The zero-order valence-electron chi connectivity index (χ0n) is 13.4. The molecule has 2 N–H and O–H groups in total. The number of sulfone groups is 1. The molecule has 2 rings (SSSR count). The molecule has 0 fully saturated rings. The maximum absolute atomic E-state index is 12.1. The summed E-state index contributed by atoms with van der Waals surface area (Å²) in [6.07, 6.45) is 0. The number of methoxy groups -OCH3 is 1. The highest BCUT2D eigenvalue weighted by Gasteiger charge is 2.18. The normalized spacial score (nSPS) is 10.9. The van der Waals surface area contributed by atoms with Crippen LogP contribution in [0.2, 0.25) is 0 Å². The summed E-state index contributed by atoms with van der Waals surface area (Å²) in [6, 6.07) is 12.0. The molecule has 0 aliphatic rings. The molecule has 0 aromatic heterocycles. The zero-order chi connectivity index (χ0) is 18.4. The number of anilines is 1. The molecule has 132 valence electrons. The van der Waals surface area contributed by atoms with E-state index in [1.54, 1.807) is 24.3 Å². The molecule has 0 aliphatic carbocycles. The van der Waals surface area contributed by atoms with Crippen LogP contribution in [0.15, 0.2) is 48.5 Å². The average Bonchev–Trinajstić information content (AvgIpc) is 2.55. The molecule has 0 spiro atoms. The van der Waals surface area contributed by atoms with Gasteiger partial charge in [0.2, 0.25) is 5.91 Å². The van der Waals surface area contributed by atoms with Crippen molar-refractivity contribution in [2.45, 2.75) is 5.75 Å². The van der Waals surface area contributed by atoms with Gasteiger partial charge in [-0.25, -0.2) is 13.2 Å². The summed E-state index contributed by atoms with van der Waals surface area (Å²) in [7, 11) is -2.17. The molecule has 2 aromatic rings. The second-order valence-corrected chi connectivity index (χ2v) is 7.38. The Bertz CT molecular complexity index is 857. The predicted octanol–water partition coefficient (Wildman–Crippen LogP) is 1.95. The fraction of sp³-hybridized carbons (Fsp3) is 0.176. The first kappa shape index (κ1) is 18.5. The summed E-state index contributed by atoms with van der Waals surface area (Å²) in [5.74, 6) is -2.13. The molecule has 7 nitrogen and oxygen atoms in total. The quantitative estimate of drug-likeness (QED) is 0.778. The van der Waals surface area contributed by atoms with E-state index in [-0.39, 0.29) is 11.3 Å². The molecule has 0 atom stereocenters. The largest absolute Gasteiger partial charge is 0.497 e. The Balaban J connectivity index is 1.97. The van der Waals surface area contributed by atoms with Crippen molar-refractivity contribution < 1.29 is 27.9 Å². The van der Waals surface area contributed by atoms with Crippen molar-refractivity contribution in [2.24, 2.45) is 0 Å². The Kier molecular flexibility index (Phi) is 5.76. The molecular formula is C17H17NO6S. The lowest BCUT2D eigenvalue weighted by molar-refractivity contribution is -0.113. The minimum atomic E-state index is -3.68. The van der Waals surface area contributed by atoms with Crippen molar-refractivity contribution in [1.82, 2.24) is 0 Å². The Labute approximate surface area is 145 Å². The van der Waals surface area contributed by atoms with Gasteiger partial charge >= 0.3 is 5.97 Å². The third-order valence-corrected chi connectivity index (χ3v) is 4.79. The van der Waals surface area contributed by atoms with Gasteiger partial charge in [0.05, 0.1) is 18.4 Å². The smallest absolute Gasteiger partial charge is 0.335 e. The van der Waals surface area contributed by atoms with Crippen molar-refractivity contribution in [3.05, 3.63) is 59.7 Å². The summed E-state index contributed by atoms with van der Waals surface area (Å²) in [5, 5.41) is 11.3. The van der Waals surface area contributed by atoms with Crippen LogP contribution < -0.4 is 10.1 Å². The topological polar surface area (TPSA) is 110 Å². The number of hydrogen-bond donors (Lipinski definition) is 2. The first-order valence-corrected chi connectivity index (χ1v) is 9.08. The second-order valence-electron chi connectivity index (χ2n) is 5.31. The van der Waals surface area contributed by atoms with E-state index in [0.29, 0.717) is 17.0 Å². The number of carboxylic acids is 1. The molecule has 0 radical (unpaired) electrons. The van der Waals surface area contributed by atoms with Crippen molar-refractivity contribution >= 4 is 27.4 Å². The Morgan fingerprint density at radius 2 is 1.64 bits per heavy atom. The monoisotopic (exact) mass is 363 g/mol. The van der Waals surface area contributed by atoms with Gasteiger partial charge in [0.1, 0.15) is 11.5 Å². The van der Waals surface area contributed by atoms with Gasteiger partial charge in [-0.05, 0) is 42.0 Å². The number of rotatable bonds is 7. The minimum Gasteiger partial charge on any atom is -0.497 e. The molecule has 0 unspecified atom stereocenters. The van der Waals surface area contributed by atoms with Crippen molar-refractivity contribution in [3.63, 3.8) is 0 Å². The third kappa shape index (κ3) is 5.61. The first-order chi connectivity index (χ1) is 11.8. The first-order valence-electron chi connectivity index (χ1n) is 7.25. The molecular weight excluding hydrogens is 346 g/mol. The maximum atomic E-state index is 12.1. The second kappa shape index (κ2) is 7.80. The number of carbonyl (C=O) groups is 2. The van der Waals surface area contributed by atoms with E-state index in [4.69, 9.17) is 9.84 Å². The number of nitrogens with one attached hydrogen (secondary N) is 1. The number of amides is 1. The molecule has 1 amide bonds. The molecule has 0 heterocycles. The van der Waals surface area contributed by atoms with E-state index >= 15 is 0 Å². The summed E-state index contributed by atoms with van der Waals surface area (Å²) in [4.78, 5) is 22.7. The summed E-state index contributed by atoms with van der Waals surface area (Å²) in [6.45, 7) is 0. The predicted molar refractivity (Wildman–Crippen MR) is 92.5 cm³/mol. The number of hydrogen-bond acceptors (Lipinski definition) is 5. The van der Waals surface area contributed by atoms with E-state index in [1.165, 1.54) is 31.4 Å². The number of ether oxygens (including phenoxy) is 1. The van der Waals surface area contributed by atoms with Crippen LogP contribution in [0.25, 0.3) is 0 Å². The zero-order valence-corrected chi connectivity index (χ0v) is 14.2. The Morgan fingerprint density at radius 3 is 2.16 bits per heavy atom. The summed E-state index contributed by atoms with van der Waals surface area (Å²) < 4.78 is 29.2. The molecule has 2 aromatic carbocycles. The van der Waals surface area contributed by atoms with Gasteiger partial charge in [0.25, 0.3) is 0 Å². The van der Waals surface area contributed by atoms with Crippen LogP contribution in [0.3, 0.4) is 0 Å². The lowest BCUT2D eigenvalue weighted by atomic mass is 10.1. The van der Waals surface area contributed by atoms with Gasteiger partial charge in [-0.1, -0.05) is 12.1 Å². The van der Waals surface area contributed by atoms with Crippen LogP contribution >= 0.6 is 0 Å². The fourth-order valence-electron chi connectivity index (χ4n) is 2.12. The van der Waals surface area contributed by atoms with Gasteiger partial charge < -0.3 is 15.2 Å². The van der Waals surface area contributed by atoms with Crippen molar-refractivity contribution in [2.75, 3.05) is 18.2 Å². The summed E-state index contributed by atoms with van der Waals surface area (Å²) in [5.41, 5.74) is 0.951. The highest BCUT2D eigenvalue weighted by Crippen LogP contribution is 2.15. The van der Waals surface area contributed by atoms with Crippen molar-refractivity contribution in [1.29, 1.82) is 0 Å². The highest BCUT2D eigenvalue weighted by molar-refractivity contribution is 7.91. The standard InChI is InChI=1S/C17H17NO6S/c1-24-15-8-6-14(7-9-15)18-16(19)11-25(22,23)10-12-2-4-13(5-3-12)17(20)21/h2-9H,10-11H2,1H3,(H,18,19)(H,20,21). The number of carbonyl (C=O) groups excluding carboxylic acids is 1. The highest BCUT2D eigenvalue weighted by atomic mass is 32.2. The maximum Gasteiger partial charge on any atom is 0.335 e. The minimum absolute atomic E-state index is 0.0680. The lowest BCUT2D eigenvalue weighted by Crippen LogP contribution is -2.23. The van der Waals surface area contributed by atoms with Crippen LogP contribution in [0.1, 0.15) is 15.9 Å². The van der Waals surface area contributed by atoms with Gasteiger partial charge in [-0.2, -0.15) is 0 Å². The fourth-order valence-corrected chi connectivity index (χ4v) is 3.39. The molecule has 0 aliphatic heterocycles. The van der Waals surface area contributed by atoms with Crippen LogP contribution in [-0.4, -0.2) is 38.3 Å². The average molecular weight is 363 g/mol. The number of carboxylic acid groups (broad SMARTS) is 1. The molecule has 0 bridgehead atoms. The van der Waals surface area contributed by atoms with Crippen LogP contribution in [-0.2, 0) is 20.4 Å². The SMILES string of the molecule is COc1ccc(NC(=O)CS(=O)(=O)Cc2ccc(C(=O)O)cc2)cc1.